The van der Waals surface area contributed by atoms with Gasteiger partial charge in [0.25, 0.3) is 0 Å². The van der Waals surface area contributed by atoms with Crippen molar-refractivity contribution in [3.05, 3.63) is 35.9 Å². The van der Waals surface area contributed by atoms with Crippen LogP contribution in [0.1, 0.15) is 37.6 Å². The summed E-state index contributed by atoms with van der Waals surface area (Å²) >= 11 is 0. The second-order valence-electron chi connectivity index (χ2n) is 6.30. The van der Waals surface area contributed by atoms with E-state index < -0.39 is 11.9 Å². The van der Waals surface area contributed by atoms with Crippen LogP contribution in [0.3, 0.4) is 0 Å². The molecule has 3 atom stereocenters. The van der Waals surface area contributed by atoms with Gasteiger partial charge in [-0.3, -0.25) is 0 Å². The van der Waals surface area contributed by atoms with Crippen molar-refractivity contribution in [2.75, 3.05) is 20.5 Å². The summed E-state index contributed by atoms with van der Waals surface area (Å²) in [5.74, 6) is -1.10. The van der Waals surface area contributed by atoms with Gasteiger partial charge in [0.2, 0.25) is 0 Å². The van der Waals surface area contributed by atoms with Gasteiger partial charge in [-0.15, -0.1) is 0 Å². The molecule has 6 nitrogen and oxygen atoms in total. The molecule has 1 heterocycles. The van der Waals surface area contributed by atoms with Gasteiger partial charge in [0.1, 0.15) is 19.5 Å². The molecule has 0 aromatic heterocycles. The molecule has 1 aliphatic heterocycles. The van der Waals surface area contributed by atoms with Crippen LogP contribution in [0.15, 0.2) is 30.3 Å². The van der Waals surface area contributed by atoms with Crippen LogP contribution in [0.2, 0.25) is 0 Å². The fourth-order valence-electron chi connectivity index (χ4n) is 2.76. The number of rotatable bonds is 7. The molecule has 1 aromatic carbocycles. The molecule has 0 amide bonds. The van der Waals surface area contributed by atoms with Crippen LogP contribution in [0.25, 0.3) is 0 Å². The number of benzene rings is 1. The van der Waals surface area contributed by atoms with Crippen molar-refractivity contribution in [2.45, 2.75) is 51.3 Å². The first kappa shape index (κ1) is 18.9. The molecule has 6 heteroatoms. The van der Waals surface area contributed by atoms with Crippen molar-refractivity contribution < 1.29 is 28.5 Å². The lowest BCUT2D eigenvalue weighted by Crippen LogP contribution is -2.50. The summed E-state index contributed by atoms with van der Waals surface area (Å²) in [6.07, 6.45) is 0.00341. The number of carbonyl (C=O) groups is 1. The first-order valence-corrected chi connectivity index (χ1v) is 8.09. The molecule has 0 saturated carbocycles. The number of hydrogen-bond donors (Lipinski definition) is 0. The lowest BCUT2D eigenvalue weighted by atomic mass is 10.0. The Hall–Kier alpha value is -1.47. The lowest BCUT2D eigenvalue weighted by Gasteiger charge is -2.42. The highest BCUT2D eigenvalue weighted by atomic mass is 16.7. The molecule has 0 aliphatic carbocycles. The molecule has 0 N–H and O–H groups in total. The van der Waals surface area contributed by atoms with Crippen molar-refractivity contribution in [1.82, 2.24) is 0 Å². The van der Waals surface area contributed by atoms with Crippen molar-refractivity contribution in [2.24, 2.45) is 0 Å². The molecule has 1 aliphatic rings. The van der Waals surface area contributed by atoms with Crippen molar-refractivity contribution >= 4 is 5.97 Å². The third-order valence-electron chi connectivity index (χ3n) is 3.69. The first-order valence-electron chi connectivity index (χ1n) is 8.09. The Labute approximate surface area is 143 Å². The van der Waals surface area contributed by atoms with Gasteiger partial charge in [0.15, 0.2) is 5.79 Å². The molecule has 24 heavy (non-hydrogen) atoms. The third kappa shape index (κ3) is 5.56. The van der Waals surface area contributed by atoms with Crippen LogP contribution in [0, 0.1) is 0 Å². The fourth-order valence-corrected chi connectivity index (χ4v) is 2.76. The van der Waals surface area contributed by atoms with Crippen molar-refractivity contribution in [3.63, 3.8) is 0 Å². The highest BCUT2D eigenvalue weighted by molar-refractivity contribution is 5.89. The Balaban J connectivity index is 1.98. The Bertz CT molecular complexity index is 516. The largest absolute Gasteiger partial charge is 0.459 e. The van der Waals surface area contributed by atoms with Crippen molar-refractivity contribution in [1.29, 1.82) is 0 Å². The second-order valence-corrected chi connectivity index (χ2v) is 6.30. The molecule has 0 unspecified atom stereocenters. The van der Waals surface area contributed by atoms with E-state index in [1.54, 1.807) is 31.4 Å². The summed E-state index contributed by atoms with van der Waals surface area (Å²) < 4.78 is 27.8. The van der Waals surface area contributed by atoms with Crippen LogP contribution in [0.4, 0.5) is 0 Å². The average molecular weight is 338 g/mol. The molecular formula is C18H26O6. The highest BCUT2D eigenvalue weighted by Crippen LogP contribution is 2.29. The number of esters is 1. The highest BCUT2D eigenvalue weighted by Gasteiger charge is 2.38. The summed E-state index contributed by atoms with van der Waals surface area (Å²) in [5, 5.41) is 0. The summed E-state index contributed by atoms with van der Waals surface area (Å²) in [6.45, 7) is 5.90. The number of ether oxygens (including phenoxy) is 5. The molecule has 134 valence electrons. The maximum Gasteiger partial charge on any atom is 0.338 e. The number of methoxy groups -OCH3 is 1. The average Bonchev–Trinajstić information content (AvgIpc) is 2.53. The molecule has 1 saturated heterocycles. The third-order valence-corrected chi connectivity index (χ3v) is 3.69. The minimum absolute atomic E-state index is 0.0252. The molecule has 1 fully saturated rings. The number of hydrogen-bond acceptors (Lipinski definition) is 6. The van der Waals surface area contributed by atoms with E-state index in [9.17, 15) is 4.79 Å². The molecule has 0 bridgehead atoms. The predicted octanol–water partition coefficient (Wildman–Crippen LogP) is 2.76. The van der Waals surface area contributed by atoms with Gasteiger partial charge in [-0.2, -0.15) is 0 Å². The first-order chi connectivity index (χ1) is 11.4. The van der Waals surface area contributed by atoms with E-state index >= 15 is 0 Å². The van der Waals surface area contributed by atoms with Gasteiger partial charge in [-0.25, -0.2) is 4.79 Å². The summed E-state index contributed by atoms with van der Waals surface area (Å²) in [5.41, 5.74) is 0.504. The lowest BCUT2D eigenvalue weighted by molar-refractivity contribution is -0.317. The topological polar surface area (TPSA) is 63.2 Å². The molecule has 2 rings (SSSR count). The maximum atomic E-state index is 12.1. The Morgan fingerprint density at radius 2 is 2.00 bits per heavy atom. The zero-order valence-electron chi connectivity index (χ0n) is 14.7. The Kier molecular flexibility index (Phi) is 6.74. The standard InChI is InChI=1S/C18H26O6/c1-13-10-15(24-18(2,3)23-13)16(22-12-20-4)11-21-17(19)14-8-6-5-7-9-14/h5-9,13,15-16H,10-12H2,1-4H3/t13-,15-,16+/m0/s1. The van der Waals surface area contributed by atoms with Crippen LogP contribution in [0.5, 0.6) is 0 Å². The molecule has 0 radical (unpaired) electrons. The molecular weight excluding hydrogens is 312 g/mol. The quantitative estimate of drug-likeness (QED) is 0.563. The van der Waals surface area contributed by atoms with Gasteiger partial charge in [-0.1, -0.05) is 18.2 Å². The van der Waals surface area contributed by atoms with Crippen LogP contribution < -0.4 is 0 Å². The van der Waals surface area contributed by atoms with Gasteiger partial charge in [-0.05, 0) is 32.9 Å². The number of carbonyl (C=O) groups excluding carboxylic acids is 1. The van der Waals surface area contributed by atoms with Gasteiger partial charge in [0.05, 0.1) is 17.8 Å². The van der Waals surface area contributed by atoms with Gasteiger partial charge < -0.3 is 23.7 Å². The Morgan fingerprint density at radius 1 is 1.29 bits per heavy atom. The van der Waals surface area contributed by atoms with E-state index in [0.717, 1.165) is 0 Å². The minimum atomic E-state index is -0.708. The van der Waals surface area contributed by atoms with E-state index in [-0.39, 0.29) is 31.6 Å². The normalized spacial score (nSPS) is 24.3. The summed E-state index contributed by atoms with van der Waals surface area (Å²) in [7, 11) is 1.55. The van der Waals surface area contributed by atoms with E-state index in [1.807, 2.05) is 26.8 Å². The zero-order chi connectivity index (χ0) is 17.6. The zero-order valence-corrected chi connectivity index (χ0v) is 14.7. The monoisotopic (exact) mass is 338 g/mol. The maximum absolute atomic E-state index is 12.1. The fraction of sp³-hybridized carbons (Fsp3) is 0.611. The van der Waals surface area contributed by atoms with Gasteiger partial charge >= 0.3 is 5.97 Å². The van der Waals surface area contributed by atoms with Gasteiger partial charge in [0, 0.05) is 13.5 Å². The van der Waals surface area contributed by atoms with E-state index in [1.165, 1.54) is 0 Å². The molecule has 1 aromatic rings. The van der Waals surface area contributed by atoms with E-state index in [2.05, 4.69) is 0 Å². The van der Waals surface area contributed by atoms with E-state index in [0.29, 0.717) is 12.0 Å². The Morgan fingerprint density at radius 3 is 2.62 bits per heavy atom. The smallest absolute Gasteiger partial charge is 0.338 e. The van der Waals surface area contributed by atoms with Crippen LogP contribution in [-0.4, -0.2) is 50.6 Å². The summed E-state index contributed by atoms with van der Waals surface area (Å²) in [6, 6.07) is 8.86. The SMILES string of the molecule is COCO[C@H](COC(=O)c1ccccc1)[C@@H]1C[C@H](C)OC(C)(C)O1. The molecule has 0 spiro atoms. The summed E-state index contributed by atoms with van der Waals surface area (Å²) in [4.78, 5) is 12.1. The minimum Gasteiger partial charge on any atom is -0.459 e. The van der Waals surface area contributed by atoms with Crippen molar-refractivity contribution in [3.8, 4) is 0 Å². The van der Waals surface area contributed by atoms with E-state index in [4.69, 9.17) is 23.7 Å². The van der Waals surface area contributed by atoms with Crippen LogP contribution in [-0.2, 0) is 23.7 Å². The van der Waals surface area contributed by atoms with Crippen LogP contribution >= 0.6 is 0 Å². The predicted molar refractivity (Wildman–Crippen MR) is 87.6 cm³/mol. The second kappa shape index (κ2) is 8.58.